The van der Waals surface area contributed by atoms with Crippen molar-refractivity contribution in [3.63, 3.8) is 0 Å². The van der Waals surface area contributed by atoms with E-state index in [0.29, 0.717) is 5.92 Å². The summed E-state index contributed by atoms with van der Waals surface area (Å²) in [5, 5.41) is 9.07. The zero-order valence-corrected chi connectivity index (χ0v) is 8.39. The van der Waals surface area contributed by atoms with E-state index in [0.717, 1.165) is 6.42 Å². The van der Waals surface area contributed by atoms with Crippen LogP contribution in [0.2, 0.25) is 0 Å². The fourth-order valence-corrected chi connectivity index (χ4v) is 2.68. The summed E-state index contributed by atoms with van der Waals surface area (Å²) in [6, 6.07) is 0. The van der Waals surface area contributed by atoms with Crippen LogP contribution in [0.3, 0.4) is 0 Å². The van der Waals surface area contributed by atoms with Crippen LogP contribution in [-0.4, -0.2) is 30.0 Å². The lowest BCUT2D eigenvalue weighted by atomic mass is 9.97. The molecule has 82 valence electrons. The smallest absolute Gasteiger partial charge is 0.110 e. The second kappa shape index (κ2) is 4.57. The molecule has 0 spiro atoms. The number of aliphatic hydroxyl groups is 1. The highest BCUT2D eigenvalue weighted by molar-refractivity contribution is 4.88. The maximum Gasteiger partial charge on any atom is 0.110 e. The van der Waals surface area contributed by atoms with Gasteiger partial charge in [-0.25, -0.2) is 5.90 Å². The molecule has 4 nitrogen and oxygen atoms in total. The lowest BCUT2D eigenvalue weighted by molar-refractivity contribution is -0.0569. The minimum Gasteiger partial charge on any atom is -0.394 e. The van der Waals surface area contributed by atoms with E-state index in [1.807, 2.05) is 0 Å². The Morgan fingerprint density at radius 2 is 2.07 bits per heavy atom. The van der Waals surface area contributed by atoms with E-state index in [4.69, 9.17) is 20.6 Å². The van der Waals surface area contributed by atoms with E-state index in [1.165, 1.54) is 25.7 Å². The second-order valence-electron chi connectivity index (χ2n) is 4.35. The van der Waals surface area contributed by atoms with Gasteiger partial charge in [0.1, 0.15) is 12.2 Å². The average Bonchev–Trinajstić information content (AvgIpc) is 2.85. The van der Waals surface area contributed by atoms with Gasteiger partial charge in [0.2, 0.25) is 0 Å². The Kier molecular flexibility index (Phi) is 3.38. The summed E-state index contributed by atoms with van der Waals surface area (Å²) in [4.78, 5) is 4.82. The molecule has 0 aromatic rings. The molecule has 3 N–H and O–H groups in total. The van der Waals surface area contributed by atoms with E-state index in [2.05, 4.69) is 0 Å². The molecule has 1 aliphatic carbocycles. The van der Waals surface area contributed by atoms with Gasteiger partial charge in [-0.2, -0.15) is 0 Å². The van der Waals surface area contributed by atoms with Crippen LogP contribution in [-0.2, 0) is 9.57 Å². The number of hydrogen-bond acceptors (Lipinski definition) is 4. The van der Waals surface area contributed by atoms with Gasteiger partial charge >= 0.3 is 0 Å². The molecule has 0 amide bonds. The first kappa shape index (κ1) is 10.4. The molecule has 0 aromatic heterocycles. The topological polar surface area (TPSA) is 64.7 Å². The Morgan fingerprint density at radius 1 is 1.36 bits per heavy atom. The van der Waals surface area contributed by atoms with E-state index < -0.39 is 0 Å². The third-order valence-corrected chi connectivity index (χ3v) is 3.51. The van der Waals surface area contributed by atoms with Gasteiger partial charge in [-0.1, -0.05) is 12.8 Å². The average molecular weight is 201 g/mol. The van der Waals surface area contributed by atoms with Crippen molar-refractivity contribution in [1.82, 2.24) is 0 Å². The largest absolute Gasteiger partial charge is 0.394 e. The first-order valence-electron chi connectivity index (χ1n) is 5.47. The van der Waals surface area contributed by atoms with Crippen LogP contribution in [0.1, 0.15) is 32.1 Å². The summed E-state index contributed by atoms with van der Waals surface area (Å²) < 4.78 is 5.74. The minimum atomic E-state index is -0.217. The zero-order chi connectivity index (χ0) is 9.97. The summed E-state index contributed by atoms with van der Waals surface area (Å²) in [7, 11) is 0. The van der Waals surface area contributed by atoms with Crippen LogP contribution in [0.25, 0.3) is 0 Å². The van der Waals surface area contributed by atoms with Gasteiger partial charge in [0.05, 0.1) is 12.7 Å². The highest BCUT2D eigenvalue weighted by atomic mass is 16.6. The molecule has 2 fully saturated rings. The second-order valence-corrected chi connectivity index (χ2v) is 4.35. The quantitative estimate of drug-likeness (QED) is 0.656. The molecule has 3 atom stereocenters. The van der Waals surface area contributed by atoms with Crippen LogP contribution in [0.4, 0.5) is 0 Å². The number of ether oxygens (including phenoxy) is 1. The number of rotatable bonds is 3. The summed E-state index contributed by atoms with van der Waals surface area (Å²) in [5.74, 6) is 5.83. The molecule has 2 rings (SSSR count). The van der Waals surface area contributed by atoms with Crippen molar-refractivity contribution in [2.24, 2.45) is 11.8 Å². The molecular weight excluding hydrogens is 182 g/mol. The standard InChI is InChI=1S/C10H19NO3/c11-14-9-5-8(13-10(9)6-12)7-3-1-2-4-7/h7-10,12H,1-6,11H2/t8-,9-,10?/m1/s1. The van der Waals surface area contributed by atoms with Crippen LogP contribution >= 0.6 is 0 Å². The molecule has 4 heteroatoms. The Bertz CT molecular complexity index is 170. The zero-order valence-electron chi connectivity index (χ0n) is 8.39. The van der Waals surface area contributed by atoms with Crippen LogP contribution in [0.15, 0.2) is 0 Å². The Labute approximate surface area is 84.3 Å². The highest BCUT2D eigenvalue weighted by Gasteiger charge is 2.39. The molecule has 0 radical (unpaired) electrons. The first-order valence-corrected chi connectivity index (χ1v) is 5.47. The van der Waals surface area contributed by atoms with Crippen molar-refractivity contribution in [3.05, 3.63) is 0 Å². The molecule has 1 saturated carbocycles. The number of aliphatic hydroxyl groups excluding tert-OH is 1. The van der Waals surface area contributed by atoms with Crippen molar-refractivity contribution in [2.45, 2.75) is 50.4 Å². The van der Waals surface area contributed by atoms with E-state index in [1.54, 1.807) is 0 Å². The van der Waals surface area contributed by atoms with Gasteiger partial charge < -0.3 is 9.84 Å². The van der Waals surface area contributed by atoms with Crippen molar-refractivity contribution in [2.75, 3.05) is 6.61 Å². The first-order chi connectivity index (χ1) is 6.85. The van der Waals surface area contributed by atoms with E-state index in [9.17, 15) is 0 Å². The Hall–Kier alpha value is -0.160. The fourth-order valence-electron chi connectivity index (χ4n) is 2.68. The maximum atomic E-state index is 9.07. The summed E-state index contributed by atoms with van der Waals surface area (Å²) in [6.07, 6.45) is 5.87. The monoisotopic (exact) mass is 201 g/mol. The van der Waals surface area contributed by atoms with Gasteiger partial charge in [-0.15, -0.1) is 0 Å². The Balaban J connectivity index is 1.90. The SMILES string of the molecule is NO[C@@H]1C[C@H](C2CCCC2)OC1CO. The van der Waals surface area contributed by atoms with E-state index >= 15 is 0 Å². The predicted octanol–water partition coefficient (Wildman–Crippen LogP) is 0.585. The molecule has 0 aromatic carbocycles. The maximum absolute atomic E-state index is 9.07. The molecule has 1 aliphatic heterocycles. The van der Waals surface area contributed by atoms with Crippen molar-refractivity contribution >= 4 is 0 Å². The lowest BCUT2D eigenvalue weighted by Gasteiger charge is -2.17. The molecule has 1 saturated heterocycles. The molecule has 2 aliphatic rings. The number of hydrogen-bond donors (Lipinski definition) is 2. The molecule has 1 unspecified atom stereocenters. The fraction of sp³-hybridized carbons (Fsp3) is 1.00. The van der Waals surface area contributed by atoms with Crippen molar-refractivity contribution in [1.29, 1.82) is 0 Å². The highest BCUT2D eigenvalue weighted by Crippen LogP contribution is 2.36. The molecular formula is C10H19NO3. The summed E-state index contributed by atoms with van der Waals surface area (Å²) in [6.45, 7) is 0.00505. The van der Waals surface area contributed by atoms with Crippen LogP contribution < -0.4 is 5.90 Å². The number of nitrogens with two attached hydrogens (primary N) is 1. The summed E-state index contributed by atoms with van der Waals surface area (Å²) in [5.41, 5.74) is 0. The van der Waals surface area contributed by atoms with Gasteiger partial charge in [-0.3, -0.25) is 4.84 Å². The molecule has 14 heavy (non-hydrogen) atoms. The van der Waals surface area contributed by atoms with Gasteiger partial charge in [0.25, 0.3) is 0 Å². The van der Waals surface area contributed by atoms with Gasteiger partial charge in [0, 0.05) is 6.42 Å². The third kappa shape index (κ3) is 1.93. The predicted molar refractivity (Wildman–Crippen MR) is 51.4 cm³/mol. The molecule has 1 heterocycles. The van der Waals surface area contributed by atoms with Gasteiger partial charge in [-0.05, 0) is 18.8 Å². The van der Waals surface area contributed by atoms with Crippen LogP contribution in [0.5, 0.6) is 0 Å². The normalized spacial score (nSPS) is 39.4. The van der Waals surface area contributed by atoms with Gasteiger partial charge in [0.15, 0.2) is 0 Å². The third-order valence-electron chi connectivity index (χ3n) is 3.51. The Morgan fingerprint density at radius 3 is 2.57 bits per heavy atom. The minimum absolute atomic E-state index is 0.00505. The van der Waals surface area contributed by atoms with Crippen molar-refractivity contribution in [3.8, 4) is 0 Å². The van der Waals surface area contributed by atoms with E-state index in [-0.39, 0.29) is 24.9 Å². The van der Waals surface area contributed by atoms with Crippen molar-refractivity contribution < 1.29 is 14.7 Å². The van der Waals surface area contributed by atoms with Crippen LogP contribution in [0, 0.1) is 5.92 Å². The molecule has 0 bridgehead atoms. The lowest BCUT2D eigenvalue weighted by Crippen LogP contribution is -2.29. The summed E-state index contributed by atoms with van der Waals surface area (Å²) >= 11 is 0.